The summed E-state index contributed by atoms with van der Waals surface area (Å²) in [6.45, 7) is -0.490. The van der Waals surface area contributed by atoms with Crippen molar-refractivity contribution in [3.8, 4) is 0 Å². The lowest BCUT2D eigenvalue weighted by molar-refractivity contribution is -0.136. The number of aromatic nitrogens is 4. The molecule has 4 atom stereocenters. The fourth-order valence-corrected chi connectivity index (χ4v) is 5.82. The molecule has 3 aromatic carbocycles. The number of aliphatic hydroxyl groups is 3. The molecule has 3 heterocycles. The third-order valence-corrected chi connectivity index (χ3v) is 7.38. The van der Waals surface area contributed by atoms with Crippen LogP contribution in [0, 0.1) is 0 Å². The lowest BCUT2D eigenvalue weighted by Crippen LogP contribution is -2.62. The molecule has 0 amide bonds. The van der Waals surface area contributed by atoms with Crippen molar-refractivity contribution in [2.24, 2.45) is 0 Å². The molecular formula is C29H26N4O4. The normalized spacial score (nSPS) is 23.9. The molecule has 37 heavy (non-hydrogen) atoms. The minimum atomic E-state index is -2.02. The van der Waals surface area contributed by atoms with Gasteiger partial charge in [-0.1, -0.05) is 91.0 Å². The first kappa shape index (κ1) is 23.4. The number of aliphatic hydroxyl groups excluding tert-OH is 2. The molecule has 0 spiro atoms. The molecule has 8 heteroatoms. The molecule has 0 unspecified atom stereocenters. The highest BCUT2D eigenvalue weighted by atomic mass is 16.6. The Morgan fingerprint density at radius 2 is 1.38 bits per heavy atom. The second kappa shape index (κ2) is 9.17. The molecule has 2 aromatic heterocycles. The zero-order valence-electron chi connectivity index (χ0n) is 19.9. The number of imidazole rings is 1. The Morgan fingerprint density at radius 1 is 0.838 bits per heavy atom. The van der Waals surface area contributed by atoms with Gasteiger partial charge in [-0.3, -0.25) is 4.57 Å². The Bertz CT molecular complexity index is 1400. The van der Waals surface area contributed by atoms with Gasteiger partial charge in [0.1, 0.15) is 24.1 Å². The minimum Gasteiger partial charge on any atom is -0.394 e. The number of fused-ring (bicyclic) bond motifs is 1. The quantitative estimate of drug-likeness (QED) is 0.311. The van der Waals surface area contributed by atoms with E-state index in [0.29, 0.717) is 11.2 Å². The van der Waals surface area contributed by atoms with Crippen molar-refractivity contribution in [3.05, 3.63) is 127 Å². The summed E-state index contributed by atoms with van der Waals surface area (Å²) in [7, 11) is 0. The van der Waals surface area contributed by atoms with Gasteiger partial charge in [-0.05, 0) is 16.7 Å². The average molecular weight is 495 g/mol. The van der Waals surface area contributed by atoms with E-state index >= 15 is 0 Å². The molecule has 186 valence electrons. The molecule has 8 nitrogen and oxygen atoms in total. The van der Waals surface area contributed by atoms with Gasteiger partial charge in [-0.2, -0.15) is 0 Å². The van der Waals surface area contributed by atoms with Crippen molar-refractivity contribution in [1.29, 1.82) is 0 Å². The third-order valence-electron chi connectivity index (χ3n) is 7.38. The van der Waals surface area contributed by atoms with Gasteiger partial charge in [-0.25, -0.2) is 15.0 Å². The Morgan fingerprint density at radius 3 is 1.89 bits per heavy atom. The summed E-state index contributed by atoms with van der Waals surface area (Å²) in [5, 5.41) is 35.2. The molecule has 0 radical (unpaired) electrons. The first-order chi connectivity index (χ1) is 18.1. The summed E-state index contributed by atoms with van der Waals surface area (Å²) >= 11 is 0. The second-order valence-corrected chi connectivity index (χ2v) is 9.21. The van der Waals surface area contributed by atoms with E-state index in [9.17, 15) is 15.3 Å². The molecule has 5 aromatic rings. The molecule has 1 aliphatic heterocycles. The summed E-state index contributed by atoms with van der Waals surface area (Å²) in [6.07, 6.45) is 0.777. The minimum absolute atomic E-state index is 0.437. The average Bonchev–Trinajstić information content (AvgIpc) is 3.50. The van der Waals surface area contributed by atoms with Gasteiger partial charge in [0.15, 0.2) is 17.5 Å². The van der Waals surface area contributed by atoms with Crippen LogP contribution in [0.3, 0.4) is 0 Å². The predicted molar refractivity (Wildman–Crippen MR) is 136 cm³/mol. The zero-order chi connectivity index (χ0) is 25.5. The number of hydrogen-bond acceptors (Lipinski definition) is 7. The van der Waals surface area contributed by atoms with Gasteiger partial charge in [0.25, 0.3) is 0 Å². The van der Waals surface area contributed by atoms with Crippen LogP contribution in [0.5, 0.6) is 0 Å². The highest BCUT2D eigenvalue weighted by Gasteiger charge is 2.68. The Labute approximate surface area is 213 Å². The number of hydrogen-bond donors (Lipinski definition) is 3. The van der Waals surface area contributed by atoms with Crippen molar-refractivity contribution in [2.75, 3.05) is 6.61 Å². The molecule has 3 N–H and O–H groups in total. The van der Waals surface area contributed by atoms with Gasteiger partial charge in [0, 0.05) is 0 Å². The number of benzene rings is 3. The van der Waals surface area contributed by atoms with Gasteiger partial charge < -0.3 is 20.1 Å². The van der Waals surface area contributed by atoms with Crippen LogP contribution < -0.4 is 0 Å². The lowest BCUT2D eigenvalue weighted by atomic mass is 9.57. The monoisotopic (exact) mass is 494 g/mol. The van der Waals surface area contributed by atoms with Crippen molar-refractivity contribution in [3.63, 3.8) is 0 Å². The molecule has 1 saturated heterocycles. The molecule has 0 bridgehead atoms. The van der Waals surface area contributed by atoms with E-state index in [1.54, 1.807) is 10.8 Å². The highest BCUT2D eigenvalue weighted by molar-refractivity contribution is 5.69. The van der Waals surface area contributed by atoms with Crippen molar-refractivity contribution < 1.29 is 20.1 Å². The molecule has 1 aliphatic rings. The van der Waals surface area contributed by atoms with E-state index in [2.05, 4.69) is 15.0 Å². The van der Waals surface area contributed by atoms with Crippen LogP contribution in [0.2, 0.25) is 0 Å². The highest BCUT2D eigenvalue weighted by Crippen LogP contribution is 2.57. The van der Waals surface area contributed by atoms with E-state index in [1.165, 1.54) is 12.7 Å². The van der Waals surface area contributed by atoms with Gasteiger partial charge in [0.2, 0.25) is 0 Å². The maximum Gasteiger partial charge on any atom is 0.170 e. The smallest absolute Gasteiger partial charge is 0.170 e. The second-order valence-electron chi connectivity index (χ2n) is 9.21. The fraction of sp³-hybridized carbons (Fsp3) is 0.207. The van der Waals surface area contributed by atoms with Crippen LogP contribution in [-0.2, 0) is 10.2 Å². The maximum atomic E-state index is 13.1. The number of rotatable bonds is 6. The van der Waals surface area contributed by atoms with E-state index in [0.717, 1.165) is 16.7 Å². The van der Waals surface area contributed by atoms with Crippen molar-refractivity contribution in [1.82, 2.24) is 19.5 Å². The summed E-state index contributed by atoms with van der Waals surface area (Å²) in [6, 6.07) is 28.7. The summed E-state index contributed by atoms with van der Waals surface area (Å²) < 4.78 is 7.88. The van der Waals surface area contributed by atoms with E-state index < -0.39 is 36.1 Å². The maximum absolute atomic E-state index is 13.1. The van der Waals surface area contributed by atoms with E-state index in [-0.39, 0.29) is 0 Å². The lowest BCUT2D eigenvalue weighted by Gasteiger charge is -2.50. The van der Waals surface area contributed by atoms with Gasteiger partial charge in [0.05, 0.1) is 24.5 Å². The van der Waals surface area contributed by atoms with Crippen LogP contribution in [0.1, 0.15) is 22.9 Å². The molecule has 0 aliphatic carbocycles. The predicted octanol–water partition coefficient (Wildman–Crippen LogP) is 2.84. The van der Waals surface area contributed by atoms with Crippen LogP contribution in [0.15, 0.2) is 110 Å². The zero-order valence-corrected chi connectivity index (χ0v) is 19.9. The van der Waals surface area contributed by atoms with Crippen LogP contribution in [0.25, 0.3) is 11.2 Å². The summed E-state index contributed by atoms with van der Waals surface area (Å²) in [5.74, 6) is 0. The van der Waals surface area contributed by atoms with Crippen LogP contribution in [-0.4, -0.2) is 59.3 Å². The molecular weight excluding hydrogens is 468 g/mol. The summed E-state index contributed by atoms with van der Waals surface area (Å²) in [4.78, 5) is 12.8. The molecule has 6 rings (SSSR count). The first-order valence-electron chi connectivity index (χ1n) is 12.1. The standard InChI is InChI=1S/C29H26N4O4/c34-17-24-25(35)29(36,27(37-24)33-19-32-23-16-30-18-31-26(23)33)28(20-10-4-1-5-11-20,21-12-6-2-7-13-21)22-14-8-3-9-15-22/h1-16,18-19,24-25,27,34-36H,17H2/t24-,25-,27-,29-/m1/s1. The largest absolute Gasteiger partial charge is 0.394 e. The van der Waals surface area contributed by atoms with E-state index in [1.807, 2.05) is 91.0 Å². The van der Waals surface area contributed by atoms with Crippen LogP contribution >= 0.6 is 0 Å². The number of nitrogens with zero attached hydrogens (tertiary/aromatic N) is 4. The fourth-order valence-electron chi connectivity index (χ4n) is 5.82. The SMILES string of the molecule is OC[C@H]1O[C@@H](n2cnc3cncnc32)[C@@](O)(C(c2ccccc2)(c2ccccc2)c2ccccc2)[C@@H]1O. The van der Waals surface area contributed by atoms with Crippen molar-refractivity contribution in [2.45, 2.75) is 29.5 Å². The van der Waals surface area contributed by atoms with Crippen LogP contribution in [0.4, 0.5) is 0 Å². The van der Waals surface area contributed by atoms with Gasteiger partial charge >= 0.3 is 0 Å². The van der Waals surface area contributed by atoms with Gasteiger partial charge in [-0.15, -0.1) is 0 Å². The summed E-state index contributed by atoms with van der Waals surface area (Å²) in [5.41, 5.74) is -0.148. The van der Waals surface area contributed by atoms with Crippen molar-refractivity contribution >= 4 is 11.2 Å². The molecule has 1 fully saturated rings. The Kier molecular flexibility index (Phi) is 5.81. The topological polar surface area (TPSA) is 114 Å². The first-order valence-corrected chi connectivity index (χ1v) is 12.1. The Balaban J connectivity index is 1.74. The molecule has 0 saturated carbocycles. The number of ether oxygens (including phenoxy) is 1. The third kappa shape index (κ3) is 3.34. The van der Waals surface area contributed by atoms with E-state index in [4.69, 9.17) is 4.74 Å². The Hall–Kier alpha value is -3.95.